The number of amides is 1. The highest BCUT2D eigenvalue weighted by atomic mass is 16.3. The minimum atomic E-state index is 0.0743. The second kappa shape index (κ2) is 5.64. The van der Waals surface area contributed by atoms with Gasteiger partial charge in [-0.3, -0.25) is 9.69 Å². The zero-order valence-corrected chi connectivity index (χ0v) is 10.7. The molecule has 1 fully saturated rings. The van der Waals surface area contributed by atoms with Gasteiger partial charge >= 0.3 is 0 Å². The van der Waals surface area contributed by atoms with Crippen molar-refractivity contribution in [3.05, 3.63) is 0 Å². The Bertz CT molecular complexity index is 241. The standard InChI is InChI=1S/C12H24N2O2/c1-12(2)10-14(8-7-13(12)3)11(16)6-4-5-9-15/h15H,4-10H2,1-3H3. The summed E-state index contributed by atoms with van der Waals surface area (Å²) >= 11 is 0. The monoisotopic (exact) mass is 228 g/mol. The Morgan fingerprint density at radius 1 is 1.31 bits per heavy atom. The van der Waals surface area contributed by atoms with E-state index in [0.717, 1.165) is 32.5 Å². The summed E-state index contributed by atoms with van der Waals surface area (Å²) in [6.07, 6.45) is 2.09. The number of likely N-dealkylation sites (N-methyl/N-ethyl adjacent to an activating group) is 1. The van der Waals surface area contributed by atoms with E-state index in [1.807, 2.05) is 4.90 Å². The largest absolute Gasteiger partial charge is 0.396 e. The minimum absolute atomic E-state index is 0.0743. The maximum absolute atomic E-state index is 11.9. The molecule has 0 radical (unpaired) electrons. The molecule has 0 aromatic rings. The van der Waals surface area contributed by atoms with Gasteiger partial charge in [0.05, 0.1) is 0 Å². The highest BCUT2D eigenvalue weighted by molar-refractivity contribution is 5.76. The number of nitrogens with zero attached hydrogens (tertiary/aromatic N) is 2. The third-order valence-corrected chi connectivity index (χ3v) is 3.47. The lowest BCUT2D eigenvalue weighted by Gasteiger charge is -2.45. The van der Waals surface area contributed by atoms with Crippen LogP contribution >= 0.6 is 0 Å². The summed E-state index contributed by atoms with van der Waals surface area (Å²) in [6.45, 7) is 7.10. The summed E-state index contributed by atoms with van der Waals surface area (Å²) in [5, 5.41) is 8.68. The molecule has 0 aliphatic carbocycles. The van der Waals surface area contributed by atoms with Crippen LogP contribution in [-0.4, -0.2) is 59.6 Å². The van der Waals surface area contributed by atoms with Crippen LogP contribution in [0.4, 0.5) is 0 Å². The number of hydrogen-bond donors (Lipinski definition) is 1. The molecule has 1 aliphatic rings. The molecule has 1 N–H and O–H groups in total. The summed E-state index contributed by atoms with van der Waals surface area (Å²) in [7, 11) is 2.10. The van der Waals surface area contributed by atoms with Gasteiger partial charge in [-0.1, -0.05) is 0 Å². The lowest BCUT2D eigenvalue weighted by atomic mass is 9.99. The zero-order chi connectivity index (χ0) is 12.2. The predicted octanol–water partition coefficient (Wildman–Crippen LogP) is 0.702. The molecule has 0 spiro atoms. The van der Waals surface area contributed by atoms with Gasteiger partial charge in [-0.25, -0.2) is 0 Å². The van der Waals surface area contributed by atoms with Gasteiger partial charge in [0, 0.05) is 38.2 Å². The third-order valence-electron chi connectivity index (χ3n) is 3.47. The highest BCUT2D eigenvalue weighted by Gasteiger charge is 2.32. The Hall–Kier alpha value is -0.610. The second-order valence-electron chi connectivity index (χ2n) is 5.23. The first-order valence-electron chi connectivity index (χ1n) is 6.07. The molecule has 0 bridgehead atoms. The first-order chi connectivity index (χ1) is 7.47. The zero-order valence-electron chi connectivity index (χ0n) is 10.7. The van der Waals surface area contributed by atoms with Crippen LogP contribution in [0.2, 0.25) is 0 Å². The smallest absolute Gasteiger partial charge is 0.222 e. The van der Waals surface area contributed by atoms with Gasteiger partial charge in [0.1, 0.15) is 0 Å². The van der Waals surface area contributed by atoms with Gasteiger partial charge in [0.15, 0.2) is 0 Å². The summed E-state index contributed by atoms with van der Waals surface area (Å²) in [5.41, 5.74) is 0.0743. The van der Waals surface area contributed by atoms with Gasteiger partial charge in [-0.05, 0) is 33.7 Å². The fraction of sp³-hybridized carbons (Fsp3) is 0.917. The molecule has 1 heterocycles. The van der Waals surface area contributed by atoms with Crippen LogP contribution in [0.3, 0.4) is 0 Å². The van der Waals surface area contributed by atoms with E-state index in [0.29, 0.717) is 6.42 Å². The fourth-order valence-corrected chi connectivity index (χ4v) is 2.00. The summed E-state index contributed by atoms with van der Waals surface area (Å²) in [4.78, 5) is 16.1. The minimum Gasteiger partial charge on any atom is -0.396 e. The Balaban J connectivity index is 2.40. The highest BCUT2D eigenvalue weighted by Crippen LogP contribution is 2.19. The maximum atomic E-state index is 11.9. The number of aliphatic hydroxyl groups is 1. The van der Waals surface area contributed by atoms with Crippen molar-refractivity contribution < 1.29 is 9.90 Å². The van der Waals surface area contributed by atoms with E-state index in [-0.39, 0.29) is 18.1 Å². The number of carbonyl (C=O) groups is 1. The second-order valence-corrected chi connectivity index (χ2v) is 5.23. The molecule has 1 saturated heterocycles. The normalized spacial score (nSPS) is 21.1. The van der Waals surface area contributed by atoms with E-state index in [4.69, 9.17) is 5.11 Å². The number of hydrogen-bond acceptors (Lipinski definition) is 3. The third kappa shape index (κ3) is 3.46. The average molecular weight is 228 g/mol. The summed E-state index contributed by atoms with van der Waals surface area (Å²) in [5.74, 6) is 0.231. The molecular formula is C12H24N2O2. The number of carbonyl (C=O) groups excluding carboxylic acids is 1. The van der Waals surface area contributed by atoms with Gasteiger partial charge in [0.25, 0.3) is 0 Å². The summed E-state index contributed by atoms with van der Waals surface area (Å²) in [6, 6.07) is 0. The molecule has 0 atom stereocenters. The lowest BCUT2D eigenvalue weighted by molar-refractivity contribution is -0.135. The first-order valence-corrected chi connectivity index (χ1v) is 6.07. The van der Waals surface area contributed by atoms with Crippen molar-refractivity contribution in [1.82, 2.24) is 9.80 Å². The van der Waals surface area contributed by atoms with Gasteiger partial charge in [-0.15, -0.1) is 0 Å². The molecule has 1 rings (SSSR count). The van der Waals surface area contributed by atoms with Crippen LogP contribution in [0.25, 0.3) is 0 Å². The van der Waals surface area contributed by atoms with Gasteiger partial charge in [0.2, 0.25) is 5.91 Å². The quantitative estimate of drug-likeness (QED) is 0.720. The molecule has 0 unspecified atom stereocenters. The van der Waals surface area contributed by atoms with Crippen molar-refractivity contribution in [3.63, 3.8) is 0 Å². The van der Waals surface area contributed by atoms with E-state index >= 15 is 0 Å². The van der Waals surface area contributed by atoms with Crippen LogP contribution in [-0.2, 0) is 4.79 Å². The predicted molar refractivity (Wildman–Crippen MR) is 64.2 cm³/mol. The van der Waals surface area contributed by atoms with Crippen LogP contribution in [0, 0.1) is 0 Å². The Morgan fingerprint density at radius 3 is 2.56 bits per heavy atom. The van der Waals surface area contributed by atoms with Crippen molar-refractivity contribution in [2.24, 2.45) is 0 Å². The van der Waals surface area contributed by atoms with Crippen molar-refractivity contribution in [3.8, 4) is 0 Å². The lowest BCUT2D eigenvalue weighted by Crippen LogP contribution is -2.58. The van der Waals surface area contributed by atoms with Crippen molar-refractivity contribution in [2.45, 2.75) is 38.6 Å². The maximum Gasteiger partial charge on any atom is 0.222 e. The fourth-order valence-electron chi connectivity index (χ4n) is 2.00. The molecule has 0 aromatic carbocycles. The molecular weight excluding hydrogens is 204 g/mol. The van der Waals surface area contributed by atoms with Crippen molar-refractivity contribution in [2.75, 3.05) is 33.3 Å². The van der Waals surface area contributed by atoms with Gasteiger partial charge in [-0.2, -0.15) is 0 Å². The molecule has 1 aliphatic heterocycles. The van der Waals surface area contributed by atoms with Crippen LogP contribution < -0.4 is 0 Å². The van der Waals surface area contributed by atoms with E-state index < -0.39 is 0 Å². The topological polar surface area (TPSA) is 43.8 Å². The Morgan fingerprint density at radius 2 is 2.00 bits per heavy atom. The number of unbranched alkanes of at least 4 members (excludes halogenated alkanes) is 1. The molecule has 94 valence electrons. The molecule has 16 heavy (non-hydrogen) atoms. The van der Waals surface area contributed by atoms with E-state index in [2.05, 4.69) is 25.8 Å². The van der Waals surface area contributed by atoms with Crippen LogP contribution in [0.1, 0.15) is 33.1 Å². The van der Waals surface area contributed by atoms with E-state index in [1.165, 1.54) is 0 Å². The number of piperazine rings is 1. The SMILES string of the molecule is CN1CCN(C(=O)CCCCO)CC1(C)C. The number of rotatable bonds is 4. The van der Waals surface area contributed by atoms with E-state index in [1.54, 1.807) is 0 Å². The van der Waals surface area contributed by atoms with Gasteiger partial charge < -0.3 is 10.0 Å². The first kappa shape index (κ1) is 13.5. The van der Waals surface area contributed by atoms with E-state index in [9.17, 15) is 4.79 Å². The molecule has 0 saturated carbocycles. The van der Waals surface area contributed by atoms with Crippen molar-refractivity contribution in [1.29, 1.82) is 0 Å². The van der Waals surface area contributed by atoms with Crippen molar-refractivity contribution >= 4 is 5.91 Å². The molecule has 0 aromatic heterocycles. The average Bonchev–Trinajstić information content (AvgIpc) is 2.22. The number of aliphatic hydroxyl groups excluding tert-OH is 1. The summed E-state index contributed by atoms with van der Waals surface area (Å²) < 4.78 is 0. The van der Waals surface area contributed by atoms with Crippen LogP contribution in [0.15, 0.2) is 0 Å². The molecule has 4 nitrogen and oxygen atoms in total. The van der Waals surface area contributed by atoms with Crippen LogP contribution in [0.5, 0.6) is 0 Å². The molecule has 4 heteroatoms. The molecule has 1 amide bonds. The Kier molecular flexibility index (Phi) is 4.74. The Labute approximate surface area is 98.2 Å².